The zero-order valence-electron chi connectivity index (χ0n) is 17.4. The van der Waals surface area contributed by atoms with Gasteiger partial charge in [-0.25, -0.2) is 0 Å². The van der Waals surface area contributed by atoms with Gasteiger partial charge in [0.15, 0.2) is 0 Å². The molecule has 1 saturated heterocycles. The van der Waals surface area contributed by atoms with Crippen LogP contribution in [0.5, 0.6) is 0 Å². The largest absolute Gasteiger partial charge is 0.385 e. The van der Waals surface area contributed by atoms with Crippen LogP contribution in [0.4, 0.5) is 5.69 Å². The fourth-order valence-corrected chi connectivity index (χ4v) is 5.47. The standard InChI is InChI=1S/C24H27ClN2O3S/c25-19-8-6-18(7-9-19)24(30)12-14-27(15-13-24)22(28)11-16-31-21-10-5-17-3-1-2-4-20(17)26-23(21)29/h1-4,6-9,21,30H,5,10-16H2,(H,26,29)/t21-/m0/s1. The summed E-state index contributed by atoms with van der Waals surface area (Å²) in [6.07, 6.45) is 3.06. The number of halogens is 1. The van der Waals surface area contributed by atoms with Crippen molar-refractivity contribution in [1.82, 2.24) is 4.90 Å². The van der Waals surface area contributed by atoms with Gasteiger partial charge >= 0.3 is 0 Å². The Bertz CT molecular complexity index is 942. The number of aryl methyl sites for hydroxylation is 1. The SMILES string of the molecule is O=C1Nc2ccccc2CC[C@@H]1SCCC(=O)N1CCC(O)(c2ccc(Cl)cc2)CC1. The molecule has 5 nitrogen and oxygen atoms in total. The average molecular weight is 459 g/mol. The van der Waals surface area contributed by atoms with Gasteiger partial charge in [-0.05, 0) is 55.0 Å². The van der Waals surface area contributed by atoms with Gasteiger partial charge < -0.3 is 15.3 Å². The monoisotopic (exact) mass is 458 g/mol. The maximum Gasteiger partial charge on any atom is 0.237 e. The lowest BCUT2D eigenvalue weighted by atomic mass is 9.84. The molecule has 0 bridgehead atoms. The van der Waals surface area contributed by atoms with E-state index in [4.69, 9.17) is 11.6 Å². The number of para-hydroxylation sites is 1. The van der Waals surface area contributed by atoms with E-state index >= 15 is 0 Å². The van der Waals surface area contributed by atoms with E-state index in [2.05, 4.69) is 5.32 Å². The van der Waals surface area contributed by atoms with Crippen molar-refractivity contribution in [3.63, 3.8) is 0 Å². The van der Waals surface area contributed by atoms with Crippen molar-refractivity contribution in [3.05, 3.63) is 64.7 Å². The van der Waals surface area contributed by atoms with Crippen molar-refractivity contribution in [3.8, 4) is 0 Å². The lowest BCUT2D eigenvalue weighted by Gasteiger charge is -2.38. The highest BCUT2D eigenvalue weighted by atomic mass is 35.5. The molecule has 0 saturated carbocycles. The highest BCUT2D eigenvalue weighted by Crippen LogP contribution is 2.34. The Morgan fingerprint density at radius 3 is 2.61 bits per heavy atom. The molecule has 2 heterocycles. The molecule has 4 rings (SSSR count). The predicted molar refractivity (Wildman–Crippen MR) is 125 cm³/mol. The molecule has 0 radical (unpaired) electrons. The fourth-order valence-electron chi connectivity index (χ4n) is 4.27. The summed E-state index contributed by atoms with van der Waals surface area (Å²) >= 11 is 7.50. The van der Waals surface area contributed by atoms with Crippen LogP contribution in [0.1, 0.15) is 36.8 Å². The van der Waals surface area contributed by atoms with Gasteiger partial charge in [0.25, 0.3) is 0 Å². The highest BCUT2D eigenvalue weighted by molar-refractivity contribution is 8.00. The number of fused-ring (bicyclic) bond motifs is 1. The summed E-state index contributed by atoms with van der Waals surface area (Å²) in [7, 11) is 0. The van der Waals surface area contributed by atoms with Crippen LogP contribution in [-0.2, 0) is 21.6 Å². The number of thioether (sulfide) groups is 1. The summed E-state index contributed by atoms with van der Waals surface area (Å²) in [6, 6.07) is 15.2. The normalized spacial score (nSPS) is 20.5. The summed E-state index contributed by atoms with van der Waals surface area (Å²) in [5, 5.41) is 14.5. The number of benzene rings is 2. The van der Waals surface area contributed by atoms with Crippen LogP contribution in [0.3, 0.4) is 0 Å². The minimum atomic E-state index is -0.913. The Labute approximate surface area is 192 Å². The molecule has 2 amide bonds. The van der Waals surface area contributed by atoms with Crippen LogP contribution in [-0.4, -0.2) is 45.9 Å². The minimum Gasteiger partial charge on any atom is -0.385 e. The topological polar surface area (TPSA) is 69.6 Å². The number of rotatable bonds is 5. The molecule has 2 aliphatic rings. The van der Waals surface area contributed by atoms with Gasteiger partial charge in [0.1, 0.15) is 0 Å². The molecule has 2 aromatic carbocycles. The van der Waals surface area contributed by atoms with E-state index in [9.17, 15) is 14.7 Å². The third-order valence-corrected chi connectivity index (χ3v) is 7.75. The van der Waals surface area contributed by atoms with Crippen LogP contribution < -0.4 is 5.32 Å². The third kappa shape index (κ3) is 5.25. The van der Waals surface area contributed by atoms with Crippen LogP contribution in [0, 0.1) is 0 Å². The summed E-state index contributed by atoms with van der Waals surface area (Å²) < 4.78 is 0. The zero-order chi connectivity index (χ0) is 21.8. The molecule has 0 aliphatic carbocycles. The summed E-state index contributed by atoms with van der Waals surface area (Å²) in [6.45, 7) is 1.06. The molecule has 1 atom stereocenters. The number of piperidine rings is 1. The van der Waals surface area contributed by atoms with E-state index < -0.39 is 5.60 Å². The number of aliphatic hydroxyl groups is 1. The quantitative estimate of drug-likeness (QED) is 0.703. The minimum absolute atomic E-state index is 0.0217. The maximum absolute atomic E-state index is 12.7. The molecule has 164 valence electrons. The lowest BCUT2D eigenvalue weighted by Crippen LogP contribution is -2.45. The summed E-state index contributed by atoms with van der Waals surface area (Å²) in [5.74, 6) is 0.724. The molecule has 0 unspecified atom stereocenters. The molecule has 0 spiro atoms. The van der Waals surface area contributed by atoms with Crippen LogP contribution >= 0.6 is 23.4 Å². The van der Waals surface area contributed by atoms with Gasteiger partial charge in [-0.1, -0.05) is 41.9 Å². The van der Waals surface area contributed by atoms with Gasteiger partial charge in [-0.3, -0.25) is 9.59 Å². The molecule has 1 fully saturated rings. The Hall–Kier alpha value is -2.02. The molecule has 2 N–H and O–H groups in total. The summed E-state index contributed by atoms with van der Waals surface area (Å²) in [5.41, 5.74) is 1.99. The Kier molecular flexibility index (Phi) is 6.89. The molecular weight excluding hydrogens is 432 g/mol. The molecule has 7 heteroatoms. The maximum atomic E-state index is 12.7. The summed E-state index contributed by atoms with van der Waals surface area (Å²) in [4.78, 5) is 27.0. The molecule has 31 heavy (non-hydrogen) atoms. The van der Waals surface area contributed by atoms with Crippen molar-refractivity contribution in [2.75, 3.05) is 24.2 Å². The van der Waals surface area contributed by atoms with Gasteiger partial charge in [-0.2, -0.15) is 0 Å². The van der Waals surface area contributed by atoms with Crippen LogP contribution in [0.2, 0.25) is 5.02 Å². The fraction of sp³-hybridized carbons (Fsp3) is 0.417. The molecule has 2 aliphatic heterocycles. The first-order valence-electron chi connectivity index (χ1n) is 10.7. The van der Waals surface area contributed by atoms with E-state index in [0.29, 0.717) is 43.1 Å². The van der Waals surface area contributed by atoms with E-state index in [1.54, 1.807) is 23.9 Å². The number of amides is 2. The lowest BCUT2D eigenvalue weighted by molar-refractivity contribution is -0.135. The Balaban J connectivity index is 1.24. The first-order chi connectivity index (χ1) is 14.9. The van der Waals surface area contributed by atoms with Crippen molar-refractivity contribution in [2.45, 2.75) is 43.0 Å². The van der Waals surface area contributed by atoms with E-state index in [1.807, 2.05) is 41.3 Å². The Morgan fingerprint density at radius 2 is 1.87 bits per heavy atom. The molecule has 2 aromatic rings. The second kappa shape index (κ2) is 9.63. The number of carbonyl (C=O) groups excluding carboxylic acids is 2. The third-order valence-electron chi connectivity index (χ3n) is 6.20. The van der Waals surface area contributed by atoms with E-state index in [-0.39, 0.29) is 17.1 Å². The number of hydrogen-bond donors (Lipinski definition) is 2. The predicted octanol–water partition coefficient (Wildman–Crippen LogP) is 4.23. The Morgan fingerprint density at radius 1 is 1.16 bits per heavy atom. The van der Waals surface area contributed by atoms with Crippen molar-refractivity contribution in [2.24, 2.45) is 0 Å². The number of hydrogen-bond acceptors (Lipinski definition) is 4. The van der Waals surface area contributed by atoms with Crippen molar-refractivity contribution >= 4 is 40.9 Å². The average Bonchev–Trinajstić information content (AvgIpc) is 2.93. The first-order valence-corrected chi connectivity index (χ1v) is 12.1. The smallest absolute Gasteiger partial charge is 0.237 e. The number of nitrogens with one attached hydrogen (secondary N) is 1. The number of anilines is 1. The number of nitrogens with zero attached hydrogens (tertiary/aromatic N) is 1. The van der Waals surface area contributed by atoms with Gasteiger partial charge in [0, 0.05) is 36.0 Å². The van der Waals surface area contributed by atoms with E-state index in [1.165, 1.54) is 0 Å². The van der Waals surface area contributed by atoms with Gasteiger partial charge in [-0.15, -0.1) is 11.8 Å². The van der Waals surface area contributed by atoms with E-state index in [0.717, 1.165) is 29.7 Å². The van der Waals surface area contributed by atoms with Gasteiger partial charge in [0.2, 0.25) is 11.8 Å². The van der Waals surface area contributed by atoms with Crippen molar-refractivity contribution in [1.29, 1.82) is 0 Å². The second-order valence-corrected chi connectivity index (χ2v) is 9.96. The van der Waals surface area contributed by atoms with Crippen molar-refractivity contribution < 1.29 is 14.7 Å². The number of likely N-dealkylation sites (tertiary alicyclic amines) is 1. The molecular formula is C24H27ClN2O3S. The highest BCUT2D eigenvalue weighted by Gasteiger charge is 2.35. The number of carbonyl (C=O) groups is 2. The van der Waals surface area contributed by atoms with Crippen LogP contribution in [0.25, 0.3) is 0 Å². The zero-order valence-corrected chi connectivity index (χ0v) is 18.9. The van der Waals surface area contributed by atoms with Crippen LogP contribution in [0.15, 0.2) is 48.5 Å². The first kappa shape index (κ1) is 22.2. The molecule has 0 aromatic heterocycles. The van der Waals surface area contributed by atoms with Gasteiger partial charge in [0.05, 0.1) is 10.9 Å². The second-order valence-electron chi connectivity index (χ2n) is 8.21.